The standard InChI is InChI=1S/C11H16BrN3O/c1-8-13-9(12)6-10(14-8)15-11(2)4-3-5-16-7-11/h6H,3-5,7H2,1-2H3,(H,13,14,15). The number of halogens is 1. The maximum atomic E-state index is 5.50. The molecule has 5 heteroatoms. The third-order valence-corrected chi connectivity index (χ3v) is 3.08. The lowest BCUT2D eigenvalue weighted by atomic mass is 9.95. The lowest BCUT2D eigenvalue weighted by Crippen LogP contribution is -2.43. The van der Waals surface area contributed by atoms with Crippen LogP contribution >= 0.6 is 15.9 Å². The van der Waals surface area contributed by atoms with Gasteiger partial charge in [0.1, 0.15) is 16.2 Å². The number of anilines is 1. The molecule has 0 amide bonds. The highest BCUT2D eigenvalue weighted by Crippen LogP contribution is 2.24. The van der Waals surface area contributed by atoms with Gasteiger partial charge in [0.2, 0.25) is 0 Å². The van der Waals surface area contributed by atoms with Crippen LogP contribution in [-0.4, -0.2) is 28.7 Å². The van der Waals surface area contributed by atoms with Gasteiger partial charge in [-0.2, -0.15) is 0 Å². The monoisotopic (exact) mass is 285 g/mol. The molecular weight excluding hydrogens is 270 g/mol. The zero-order valence-corrected chi connectivity index (χ0v) is 11.2. The number of rotatable bonds is 2. The summed E-state index contributed by atoms with van der Waals surface area (Å²) in [5, 5.41) is 3.43. The summed E-state index contributed by atoms with van der Waals surface area (Å²) in [6.07, 6.45) is 2.20. The van der Waals surface area contributed by atoms with Crippen molar-refractivity contribution in [1.82, 2.24) is 9.97 Å². The fraction of sp³-hybridized carbons (Fsp3) is 0.636. The van der Waals surface area contributed by atoms with Crippen LogP contribution in [0.3, 0.4) is 0 Å². The van der Waals surface area contributed by atoms with Crippen LogP contribution in [0, 0.1) is 6.92 Å². The fourth-order valence-electron chi connectivity index (χ4n) is 1.94. The quantitative estimate of drug-likeness (QED) is 0.849. The summed E-state index contributed by atoms with van der Waals surface area (Å²) >= 11 is 3.37. The Kier molecular flexibility index (Phi) is 3.44. The molecule has 1 N–H and O–H groups in total. The van der Waals surface area contributed by atoms with Crippen molar-refractivity contribution in [3.05, 3.63) is 16.5 Å². The largest absolute Gasteiger partial charge is 0.379 e. The Bertz CT molecular complexity index is 357. The SMILES string of the molecule is Cc1nc(Br)cc(NC2(C)CCCOC2)n1. The van der Waals surface area contributed by atoms with Crippen LogP contribution in [-0.2, 0) is 4.74 Å². The maximum Gasteiger partial charge on any atom is 0.131 e. The van der Waals surface area contributed by atoms with E-state index in [4.69, 9.17) is 4.74 Å². The minimum absolute atomic E-state index is 0.0154. The highest BCUT2D eigenvalue weighted by atomic mass is 79.9. The first-order chi connectivity index (χ1) is 7.57. The molecule has 1 fully saturated rings. The molecule has 2 rings (SSSR count). The van der Waals surface area contributed by atoms with Gasteiger partial charge in [0, 0.05) is 12.7 Å². The molecule has 1 aromatic rings. The summed E-state index contributed by atoms with van der Waals surface area (Å²) in [5.74, 6) is 1.62. The highest BCUT2D eigenvalue weighted by molar-refractivity contribution is 9.10. The first-order valence-corrected chi connectivity index (χ1v) is 6.24. The van der Waals surface area contributed by atoms with Crippen LogP contribution in [0.2, 0.25) is 0 Å². The Hall–Kier alpha value is -0.680. The van der Waals surface area contributed by atoms with Gasteiger partial charge < -0.3 is 10.1 Å². The second-order valence-corrected chi connectivity index (χ2v) is 5.28. The highest BCUT2D eigenvalue weighted by Gasteiger charge is 2.27. The van der Waals surface area contributed by atoms with Crippen LogP contribution in [0.15, 0.2) is 10.7 Å². The van der Waals surface area contributed by atoms with Gasteiger partial charge in [-0.05, 0) is 42.6 Å². The van der Waals surface area contributed by atoms with Gasteiger partial charge in [0.25, 0.3) is 0 Å². The predicted molar refractivity (Wildman–Crippen MR) is 66.5 cm³/mol. The van der Waals surface area contributed by atoms with Crippen LogP contribution in [0.25, 0.3) is 0 Å². The van der Waals surface area contributed by atoms with Gasteiger partial charge in [0.05, 0.1) is 12.1 Å². The number of aryl methyl sites for hydroxylation is 1. The number of aromatic nitrogens is 2. The average Bonchev–Trinajstić information content (AvgIpc) is 2.15. The molecule has 0 saturated carbocycles. The van der Waals surface area contributed by atoms with Gasteiger partial charge in [-0.1, -0.05) is 0 Å². The van der Waals surface area contributed by atoms with Crippen molar-refractivity contribution in [2.45, 2.75) is 32.2 Å². The molecule has 1 unspecified atom stereocenters. The molecule has 0 aromatic carbocycles. The first kappa shape index (κ1) is 11.8. The molecule has 1 saturated heterocycles. The number of nitrogens with one attached hydrogen (secondary N) is 1. The minimum Gasteiger partial charge on any atom is -0.379 e. The second-order valence-electron chi connectivity index (χ2n) is 4.46. The molecule has 1 atom stereocenters. The van der Waals surface area contributed by atoms with Crippen molar-refractivity contribution in [3.8, 4) is 0 Å². The van der Waals surface area contributed by atoms with Gasteiger partial charge in [-0.15, -0.1) is 0 Å². The van der Waals surface area contributed by atoms with E-state index in [1.54, 1.807) is 0 Å². The van der Waals surface area contributed by atoms with Crippen LogP contribution in [0.1, 0.15) is 25.6 Å². The van der Waals surface area contributed by atoms with E-state index < -0.39 is 0 Å². The molecule has 1 aliphatic heterocycles. The van der Waals surface area contributed by atoms with Crippen molar-refractivity contribution in [3.63, 3.8) is 0 Å². The average molecular weight is 286 g/mol. The molecule has 1 aromatic heterocycles. The molecule has 4 nitrogen and oxygen atoms in total. The third kappa shape index (κ3) is 2.92. The van der Waals surface area contributed by atoms with E-state index in [2.05, 4.69) is 38.1 Å². The van der Waals surface area contributed by atoms with Crippen molar-refractivity contribution >= 4 is 21.7 Å². The van der Waals surface area contributed by atoms with Gasteiger partial charge in [-0.3, -0.25) is 0 Å². The molecular formula is C11H16BrN3O. The molecule has 0 radical (unpaired) electrons. The second kappa shape index (κ2) is 4.67. The van der Waals surface area contributed by atoms with E-state index in [-0.39, 0.29) is 5.54 Å². The van der Waals surface area contributed by atoms with Crippen LogP contribution in [0.4, 0.5) is 5.82 Å². The zero-order valence-electron chi connectivity index (χ0n) is 9.59. The molecule has 1 aliphatic rings. The van der Waals surface area contributed by atoms with Crippen molar-refractivity contribution < 1.29 is 4.74 Å². The van der Waals surface area contributed by atoms with Crippen molar-refractivity contribution in [2.24, 2.45) is 0 Å². The van der Waals surface area contributed by atoms with Crippen LogP contribution < -0.4 is 5.32 Å². The Morgan fingerprint density at radius 2 is 2.31 bits per heavy atom. The number of ether oxygens (including phenoxy) is 1. The number of nitrogens with zero attached hydrogens (tertiary/aromatic N) is 2. The lowest BCUT2D eigenvalue weighted by Gasteiger charge is -2.34. The summed E-state index contributed by atoms with van der Waals surface area (Å²) < 4.78 is 6.31. The minimum atomic E-state index is -0.0154. The molecule has 0 spiro atoms. The van der Waals surface area contributed by atoms with Crippen molar-refractivity contribution in [1.29, 1.82) is 0 Å². The Labute approximate surface area is 104 Å². The summed E-state index contributed by atoms with van der Waals surface area (Å²) in [6.45, 7) is 5.64. The molecule has 88 valence electrons. The summed E-state index contributed by atoms with van der Waals surface area (Å²) in [6, 6.07) is 1.90. The summed E-state index contributed by atoms with van der Waals surface area (Å²) in [5.41, 5.74) is -0.0154. The van der Waals surface area contributed by atoms with Crippen LogP contribution in [0.5, 0.6) is 0 Å². The lowest BCUT2D eigenvalue weighted by molar-refractivity contribution is 0.0539. The van der Waals surface area contributed by atoms with E-state index in [1.165, 1.54) is 0 Å². The van der Waals surface area contributed by atoms with E-state index in [0.29, 0.717) is 0 Å². The number of hydrogen-bond acceptors (Lipinski definition) is 4. The Balaban J connectivity index is 2.13. The first-order valence-electron chi connectivity index (χ1n) is 5.45. The maximum absolute atomic E-state index is 5.50. The predicted octanol–water partition coefficient (Wildman–Crippen LogP) is 2.53. The summed E-state index contributed by atoms with van der Waals surface area (Å²) in [7, 11) is 0. The van der Waals surface area contributed by atoms with Gasteiger partial charge >= 0.3 is 0 Å². The fourth-order valence-corrected chi connectivity index (χ4v) is 2.41. The van der Waals surface area contributed by atoms with Gasteiger partial charge in [-0.25, -0.2) is 9.97 Å². The van der Waals surface area contributed by atoms with Gasteiger partial charge in [0.15, 0.2) is 0 Å². The summed E-state index contributed by atoms with van der Waals surface area (Å²) in [4.78, 5) is 8.55. The Morgan fingerprint density at radius 3 is 2.94 bits per heavy atom. The molecule has 0 bridgehead atoms. The van der Waals surface area contributed by atoms with E-state index in [9.17, 15) is 0 Å². The number of hydrogen-bond donors (Lipinski definition) is 1. The topological polar surface area (TPSA) is 47.0 Å². The zero-order chi connectivity index (χ0) is 11.6. The third-order valence-electron chi connectivity index (χ3n) is 2.67. The molecule has 16 heavy (non-hydrogen) atoms. The van der Waals surface area contributed by atoms with E-state index in [0.717, 1.165) is 42.3 Å². The normalized spacial score (nSPS) is 25.4. The van der Waals surface area contributed by atoms with E-state index >= 15 is 0 Å². The smallest absolute Gasteiger partial charge is 0.131 e. The Morgan fingerprint density at radius 1 is 1.50 bits per heavy atom. The molecule has 2 heterocycles. The van der Waals surface area contributed by atoms with E-state index in [1.807, 2.05) is 13.0 Å². The van der Waals surface area contributed by atoms with Crippen molar-refractivity contribution in [2.75, 3.05) is 18.5 Å². The molecule has 0 aliphatic carbocycles.